The zero-order chi connectivity index (χ0) is 14.3. The summed E-state index contributed by atoms with van der Waals surface area (Å²) in [6.45, 7) is 4.20. The summed E-state index contributed by atoms with van der Waals surface area (Å²) in [7, 11) is 0. The van der Waals surface area contributed by atoms with E-state index in [-0.39, 0.29) is 23.8 Å². The molecule has 3 atom stereocenters. The van der Waals surface area contributed by atoms with Crippen LogP contribution in [0.25, 0.3) is 0 Å². The summed E-state index contributed by atoms with van der Waals surface area (Å²) in [5, 5.41) is 12.1. The topological polar surface area (TPSA) is 66.4 Å². The maximum Gasteiger partial charge on any atom is 0.306 e. The molecule has 1 aliphatic rings. The zero-order valence-corrected chi connectivity index (χ0v) is 12.2. The van der Waals surface area contributed by atoms with Gasteiger partial charge in [-0.2, -0.15) is 0 Å². The lowest BCUT2D eigenvalue weighted by atomic mass is 9.81. The Morgan fingerprint density at radius 3 is 2.58 bits per heavy atom. The fourth-order valence-corrected chi connectivity index (χ4v) is 2.79. The Kier molecular flexibility index (Phi) is 6.89. The van der Waals surface area contributed by atoms with E-state index in [1.807, 2.05) is 6.92 Å². The number of carbonyl (C=O) groups excluding carboxylic acids is 1. The van der Waals surface area contributed by atoms with E-state index in [1.165, 1.54) is 12.8 Å². The highest BCUT2D eigenvalue weighted by atomic mass is 16.4. The van der Waals surface area contributed by atoms with Gasteiger partial charge in [-0.1, -0.05) is 32.6 Å². The van der Waals surface area contributed by atoms with Gasteiger partial charge in [0.25, 0.3) is 0 Å². The second-order valence-electron chi connectivity index (χ2n) is 5.80. The van der Waals surface area contributed by atoms with Crippen molar-refractivity contribution >= 4 is 11.9 Å². The van der Waals surface area contributed by atoms with Gasteiger partial charge in [0.2, 0.25) is 5.91 Å². The molecule has 0 aromatic carbocycles. The number of nitrogens with one attached hydrogen (secondary N) is 1. The van der Waals surface area contributed by atoms with Crippen molar-refractivity contribution in [3.05, 3.63) is 0 Å². The van der Waals surface area contributed by atoms with Crippen molar-refractivity contribution in [2.75, 3.05) is 0 Å². The third kappa shape index (κ3) is 5.62. The van der Waals surface area contributed by atoms with Crippen molar-refractivity contribution in [3.63, 3.8) is 0 Å². The first-order chi connectivity index (χ1) is 9.04. The van der Waals surface area contributed by atoms with Crippen LogP contribution < -0.4 is 5.32 Å². The maximum absolute atomic E-state index is 12.1. The quantitative estimate of drug-likeness (QED) is 0.698. The molecule has 2 N–H and O–H groups in total. The van der Waals surface area contributed by atoms with Gasteiger partial charge >= 0.3 is 5.97 Å². The van der Waals surface area contributed by atoms with E-state index >= 15 is 0 Å². The minimum atomic E-state index is -0.756. The lowest BCUT2D eigenvalue weighted by molar-refractivity contribution is -0.144. The van der Waals surface area contributed by atoms with E-state index in [9.17, 15) is 9.59 Å². The van der Waals surface area contributed by atoms with E-state index in [2.05, 4.69) is 12.2 Å². The fraction of sp³-hybridized carbons (Fsp3) is 0.867. The molecule has 1 fully saturated rings. The summed E-state index contributed by atoms with van der Waals surface area (Å²) in [6, 6.07) is 0.198. The van der Waals surface area contributed by atoms with Crippen molar-refractivity contribution in [1.29, 1.82) is 0 Å². The van der Waals surface area contributed by atoms with Gasteiger partial charge in [-0.05, 0) is 32.6 Å². The highest BCUT2D eigenvalue weighted by Gasteiger charge is 2.31. The van der Waals surface area contributed by atoms with Crippen molar-refractivity contribution in [3.8, 4) is 0 Å². The maximum atomic E-state index is 12.1. The molecular formula is C15H27NO3. The molecule has 1 saturated carbocycles. The van der Waals surface area contributed by atoms with Crippen molar-refractivity contribution in [2.45, 2.75) is 71.3 Å². The molecule has 19 heavy (non-hydrogen) atoms. The third-order valence-electron chi connectivity index (χ3n) is 4.02. The Hall–Kier alpha value is -1.06. The van der Waals surface area contributed by atoms with E-state index in [4.69, 9.17) is 5.11 Å². The van der Waals surface area contributed by atoms with Crippen LogP contribution in [0, 0.1) is 11.8 Å². The molecule has 4 nitrogen and oxygen atoms in total. The molecule has 0 aliphatic heterocycles. The van der Waals surface area contributed by atoms with E-state index < -0.39 is 5.97 Å². The summed E-state index contributed by atoms with van der Waals surface area (Å²) in [6.07, 6.45) is 7.42. The fourth-order valence-electron chi connectivity index (χ4n) is 2.79. The Bertz CT molecular complexity index is 304. The molecular weight excluding hydrogens is 242 g/mol. The lowest BCUT2D eigenvalue weighted by Gasteiger charge is -2.27. The first-order valence-electron chi connectivity index (χ1n) is 7.57. The molecule has 1 aliphatic carbocycles. The van der Waals surface area contributed by atoms with Crippen molar-refractivity contribution in [2.24, 2.45) is 11.8 Å². The third-order valence-corrected chi connectivity index (χ3v) is 4.02. The molecule has 3 unspecified atom stereocenters. The number of carbonyl (C=O) groups is 2. The number of carboxylic acids is 1. The molecule has 0 heterocycles. The van der Waals surface area contributed by atoms with Gasteiger partial charge in [0.15, 0.2) is 0 Å². The average molecular weight is 269 g/mol. The van der Waals surface area contributed by atoms with E-state index in [1.54, 1.807) is 0 Å². The van der Waals surface area contributed by atoms with E-state index in [0.29, 0.717) is 12.8 Å². The predicted molar refractivity (Wildman–Crippen MR) is 74.8 cm³/mol. The van der Waals surface area contributed by atoms with E-state index in [0.717, 1.165) is 25.7 Å². The molecule has 110 valence electrons. The Labute approximate surface area is 116 Å². The smallest absolute Gasteiger partial charge is 0.306 e. The molecule has 0 bridgehead atoms. The van der Waals surface area contributed by atoms with Gasteiger partial charge in [-0.3, -0.25) is 9.59 Å². The first kappa shape index (κ1) is 16.0. The minimum absolute atomic E-state index is 0.0509. The van der Waals surface area contributed by atoms with Gasteiger partial charge in [-0.25, -0.2) is 0 Å². The van der Waals surface area contributed by atoms with Gasteiger partial charge < -0.3 is 10.4 Å². The second-order valence-corrected chi connectivity index (χ2v) is 5.80. The summed E-state index contributed by atoms with van der Waals surface area (Å²) in [5.74, 6) is -1.15. The largest absolute Gasteiger partial charge is 0.481 e. The monoisotopic (exact) mass is 269 g/mol. The molecule has 0 saturated heterocycles. The molecule has 0 aromatic rings. The van der Waals surface area contributed by atoms with Crippen LogP contribution in [0.4, 0.5) is 0 Å². The highest BCUT2D eigenvalue weighted by molar-refractivity contribution is 5.80. The van der Waals surface area contributed by atoms with Crippen LogP contribution >= 0.6 is 0 Å². The highest BCUT2D eigenvalue weighted by Crippen LogP contribution is 2.29. The number of aliphatic carboxylic acids is 1. The van der Waals surface area contributed by atoms with Gasteiger partial charge in [0, 0.05) is 12.0 Å². The van der Waals surface area contributed by atoms with Gasteiger partial charge in [0.1, 0.15) is 0 Å². The average Bonchev–Trinajstić information content (AvgIpc) is 2.39. The SMILES string of the molecule is CCCCCC(C)NC(=O)C1CCCC(C(=O)O)C1. The van der Waals surface area contributed by atoms with Gasteiger partial charge in [0.05, 0.1) is 5.92 Å². The number of unbranched alkanes of at least 4 members (excludes halogenated alkanes) is 2. The molecule has 1 rings (SSSR count). The van der Waals surface area contributed by atoms with Crippen molar-refractivity contribution in [1.82, 2.24) is 5.32 Å². The number of carboxylic acid groups (broad SMARTS) is 1. The molecule has 0 aromatic heterocycles. The number of rotatable bonds is 7. The normalized spacial score (nSPS) is 24.7. The molecule has 4 heteroatoms. The predicted octanol–water partition coefficient (Wildman–Crippen LogP) is 2.96. The van der Waals surface area contributed by atoms with Crippen LogP contribution in [-0.2, 0) is 9.59 Å². The van der Waals surface area contributed by atoms with Crippen LogP contribution in [0.15, 0.2) is 0 Å². The Morgan fingerprint density at radius 1 is 1.26 bits per heavy atom. The van der Waals surface area contributed by atoms with Crippen LogP contribution in [0.3, 0.4) is 0 Å². The number of hydrogen-bond donors (Lipinski definition) is 2. The summed E-state index contributed by atoms with van der Waals surface area (Å²) in [4.78, 5) is 23.1. The number of hydrogen-bond acceptors (Lipinski definition) is 2. The molecule has 1 amide bonds. The van der Waals surface area contributed by atoms with Crippen LogP contribution in [0.2, 0.25) is 0 Å². The molecule has 0 radical (unpaired) electrons. The van der Waals surface area contributed by atoms with Crippen LogP contribution in [0.5, 0.6) is 0 Å². The summed E-state index contributed by atoms with van der Waals surface area (Å²) < 4.78 is 0. The standard InChI is InChI=1S/C15H27NO3/c1-3-4-5-7-11(2)16-14(17)12-8-6-9-13(10-12)15(18)19/h11-13H,3-10H2,1-2H3,(H,16,17)(H,18,19). The Morgan fingerprint density at radius 2 is 1.95 bits per heavy atom. The molecule has 0 spiro atoms. The zero-order valence-electron chi connectivity index (χ0n) is 12.2. The summed E-state index contributed by atoms with van der Waals surface area (Å²) >= 11 is 0. The van der Waals surface area contributed by atoms with Gasteiger partial charge in [-0.15, -0.1) is 0 Å². The van der Waals surface area contributed by atoms with Crippen molar-refractivity contribution < 1.29 is 14.7 Å². The Balaban J connectivity index is 2.33. The van der Waals surface area contributed by atoms with Crippen LogP contribution in [-0.4, -0.2) is 23.0 Å². The van der Waals surface area contributed by atoms with Crippen LogP contribution in [0.1, 0.15) is 65.2 Å². The first-order valence-corrected chi connectivity index (χ1v) is 7.57. The minimum Gasteiger partial charge on any atom is -0.481 e. The lowest BCUT2D eigenvalue weighted by Crippen LogP contribution is -2.39. The summed E-state index contributed by atoms with van der Waals surface area (Å²) in [5.41, 5.74) is 0. The number of amides is 1. The second kappa shape index (κ2) is 8.18.